The van der Waals surface area contributed by atoms with Gasteiger partial charge in [-0.1, -0.05) is 0 Å². The Balaban J connectivity index is 1.39. The van der Waals surface area contributed by atoms with E-state index in [2.05, 4.69) is 9.47 Å². The van der Waals surface area contributed by atoms with Crippen LogP contribution in [0.4, 0.5) is 5.69 Å². The molecule has 3 aromatic rings. The lowest BCUT2D eigenvalue weighted by Gasteiger charge is -2.34. The molecule has 0 aliphatic carbocycles. The molecule has 7 heteroatoms. The molecule has 1 aliphatic heterocycles. The van der Waals surface area contributed by atoms with Crippen molar-refractivity contribution < 1.29 is 9.53 Å². The fraction of sp³-hybridized carbons (Fsp3) is 0.333. The van der Waals surface area contributed by atoms with Gasteiger partial charge in [-0.3, -0.25) is 9.69 Å². The smallest absolute Gasteiger partial charge is 0.253 e. The van der Waals surface area contributed by atoms with Gasteiger partial charge in [0, 0.05) is 44.5 Å². The monoisotopic (exact) mass is 379 g/mol. The number of ether oxygens (including phenoxy) is 1. The van der Waals surface area contributed by atoms with Gasteiger partial charge in [0.1, 0.15) is 11.6 Å². The van der Waals surface area contributed by atoms with Crippen LogP contribution in [-0.4, -0.2) is 58.5 Å². The Labute approximate surface area is 164 Å². The van der Waals surface area contributed by atoms with Crippen LogP contribution in [0.3, 0.4) is 0 Å². The lowest BCUT2D eigenvalue weighted by Crippen LogP contribution is -2.48. The maximum atomic E-state index is 12.7. The molecule has 4 rings (SSSR count). The molecule has 7 nitrogen and oxygen atoms in total. The molecule has 146 valence electrons. The molecule has 0 radical (unpaired) electrons. The molecule has 1 saturated heterocycles. The van der Waals surface area contributed by atoms with Crippen molar-refractivity contribution in [2.24, 2.45) is 7.05 Å². The Morgan fingerprint density at radius 3 is 2.50 bits per heavy atom. The van der Waals surface area contributed by atoms with E-state index in [1.165, 1.54) is 0 Å². The normalized spacial score (nSPS) is 15.1. The zero-order valence-corrected chi connectivity index (χ0v) is 16.3. The fourth-order valence-electron chi connectivity index (χ4n) is 3.63. The number of aromatic nitrogens is 2. The molecule has 2 N–H and O–H groups in total. The van der Waals surface area contributed by atoms with E-state index in [0.29, 0.717) is 18.7 Å². The van der Waals surface area contributed by atoms with Crippen molar-refractivity contribution in [3.8, 4) is 5.75 Å². The quantitative estimate of drug-likeness (QED) is 0.703. The molecule has 28 heavy (non-hydrogen) atoms. The number of anilines is 1. The van der Waals surface area contributed by atoms with E-state index in [9.17, 15) is 4.79 Å². The highest BCUT2D eigenvalue weighted by Crippen LogP contribution is 2.20. The number of hydrogen-bond acceptors (Lipinski definition) is 5. The summed E-state index contributed by atoms with van der Waals surface area (Å²) in [5.74, 6) is 1.83. The Hall–Kier alpha value is -3.06. The van der Waals surface area contributed by atoms with Crippen LogP contribution >= 0.6 is 0 Å². The number of fused-ring (bicyclic) bond motifs is 1. The summed E-state index contributed by atoms with van der Waals surface area (Å²) in [5.41, 5.74) is 9.30. The number of carbonyl (C=O) groups excluding carboxylic acids is 1. The number of amides is 1. The Morgan fingerprint density at radius 1 is 1.11 bits per heavy atom. The Bertz CT molecular complexity index is 988. The van der Waals surface area contributed by atoms with Crippen molar-refractivity contribution in [1.82, 2.24) is 19.4 Å². The number of nitrogens with two attached hydrogens (primary N) is 1. The second-order valence-corrected chi connectivity index (χ2v) is 7.13. The minimum atomic E-state index is 0.0699. The zero-order chi connectivity index (χ0) is 19.7. The van der Waals surface area contributed by atoms with Gasteiger partial charge in [-0.25, -0.2) is 4.98 Å². The number of methoxy groups -OCH3 is 1. The Kier molecular flexibility index (Phi) is 4.92. The molecule has 1 aromatic heterocycles. The number of nitrogens with zero attached hydrogens (tertiary/aromatic N) is 4. The highest BCUT2D eigenvalue weighted by molar-refractivity contribution is 5.94. The number of hydrogen-bond donors (Lipinski definition) is 1. The molecule has 0 unspecified atom stereocenters. The van der Waals surface area contributed by atoms with Gasteiger partial charge in [0.05, 0.1) is 24.7 Å². The Morgan fingerprint density at radius 2 is 1.82 bits per heavy atom. The van der Waals surface area contributed by atoms with Crippen molar-refractivity contribution in [2.75, 3.05) is 39.0 Å². The minimum Gasteiger partial charge on any atom is -0.497 e. The van der Waals surface area contributed by atoms with Crippen molar-refractivity contribution in [2.45, 2.75) is 6.54 Å². The van der Waals surface area contributed by atoms with E-state index in [1.54, 1.807) is 7.11 Å². The fourth-order valence-corrected chi connectivity index (χ4v) is 3.63. The standard InChI is InChI=1S/C21H25N5O2/c1-24-19-8-5-16(22)13-18(19)23-20(24)14-25-9-11-26(12-10-25)21(27)15-3-6-17(28-2)7-4-15/h3-8,13H,9-12,14,22H2,1-2H3. The van der Waals surface area contributed by atoms with Crippen molar-refractivity contribution >= 4 is 22.6 Å². The van der Waals surface area contributed by atoms with Crippen LogP contribution in [0, 0.1) is 0 Å². The molecular weight excluding hydrogens is 354 g/mol. The van der Waals surface area contributed by atoms with Crippen molar-refractivity contribution in [3.05, 3.63) is 53.9 Å². The van der Waals surface area contributed by atoms with Crippen LogP contribution in [0.1, 0.15) is 16.2 Å². The molecule has 0 spiro atoms. The predicted molar refractivity (Wildman–Crippen MR) is 109 cm³/mol. The number of imidazole rings is 1. The summed E-state index contributed by atoms with van der Waals surface area (Å²) in [6.07, 6.45) is 0. The molecular formula is C21H25N5O2. The van der Waals surface area contributed by atoms with E-state index >= 15 is 0 Å². The van der Waals surface area contributed by atoms with Crippen LogP contribution in [-0.2, 0) is 13.6 Å². The minimum absolute atomic E-state index is 0.0699. The molecule has 1 fully saturated rings. The summed E-state index contributed by atoms with van der Waals surface area (Å²) in [5, 5.41) is 0. The topological polar surface area (TPSA) is 76.6 Å². The summed E-state index contributed by atoms with van der Waals surface area (Å²) < 4.78 is 7.27. The zero-order valence-electron chi connectivity index (χ0n) is 16.3. The lowest BCUT2D eigenvalue weighted by molar-refractivity contribution is 0.0624. The number of benzene rings is 2. The number of nitrogen functional groups attached to an aromatic ring is 1. The van der Waals surface area contributed by atoms with E-state index < -0.39 is 0 Å². The molecule has 0 atom stereocenters. The first-order chi connectivity index (χ1) is 13.5. The number of aryl methyl sites for hydroxylation is 1. The first-order valence-corrected chi connectivity index (χ1v) is 9.41. The third-order valence-corrected chi connectivity index (χ3v) is 5.36. The van der Waals surface area contributed by atoms with Crippen LogP contribution in [0.15, 0.2) is 42.5 Å². The van der Waals surface area contributed by atoms with Crippen LogP contribution in [0.2, 0.25) is 0 Å². The van der Waals surface area contributed by atoms with Gasteiger partial charge in [0.15, 0.2) is 0 Å². The van der Waals surface area contributed by atoms with Gasteiger partial charge in [-0.05, 0) is 42.5 Å². The third kappa shape index (κ3) is 3.53. The van der Waals surface area contributed by atoms with Gasteiger partial charge in [-0.15, -0.1) is 0 Å². The average molecular weight is 379 g/mol. The second kappa shape index (κ2) is 7.52. The third-order valence-electron chi connectivity index (χ3n) is 5.36. The van der Waals surface area contributed by atoms with E-state index in [1.807, 2.05) is 54.4 Å². The summed E-state index contributed by atoms with van der Waals surface area (Å²) >= 11 is 0. The molecule has 0 bridgehead atoms. The van der Waals surface area contributed by atoms with E-state index in [-0.39, 0.29) is 5.91 Å². The maximum Gasteiger partial charge on any atom is 0.253 e. The van der Waals surface area contributed by atoms with Gasteiger partial charge in [0.2, 0.25) is 0 Å². The van der Waals surface area contributed by atoms with E-state index in [0.717, 1.165) is 47.9 Å². The van der Waals surface area contributed by atoms with Gasteiger partial charge in [-0.2, -0.15) is 0 Å². The summed E-state index contributed by atoms with van der Waals surface area (Å²) in [4.78, 5) is 21.7. The maximum absolute atomic E-state index is 12.7. The highest BCUT2D eigenvalue weighted by atomic mass is 16.5. The molecule has 1 aliphatic rings. The number of piperazine rings is 1. The predicted octanol–water partition coefficient (Wildman–Crippen LogP) is 2.12. The van der Waals surface area contributed by atoms with E-state index in [4.69, 9.17) is 15.5 Å². The summed E-state index contributed by atoms with van der Waals surface area (Å²) in [6.45, 7) is 3.83. The largest absolute Gasteiger partial charge is 0.497 e. The number of rotatable bonds is 4. The van der Waals surface area contributed by atoms with Crippen molar-refractivity contribution in [3.63, 3.8) is 0 Å². The summed E-state index contributed by atoms with van der Waals surface area (Å²) in [6, 6.07) is 13.1. The molecule has 2 aromatic carbocycles. The average Bonchev–Trinajstić information content (AvgIpc) is 3.02. The second-order valence-electron chi connectivity index (χ2n) is 7.13. The highest BCUT2D eigenvalue weighted by Gasteiger charge is 2.23. The molecule has 2 heterocycles. The number of carbonyl (C=O) groups is 1. The summed E-state index contributed by atoms with van der Waals surface area (Å²) in [7, 11) is 3.65. The van der Waals surface area contributed by atoms with Crippen LogP contribution in [0.5, 0.6) is 5.75 Å². The van der Waals surface area contributed by atoms with Crippen molar-refractivity contribution in [1.29, 1.82) is 0 Å². The molecule has 0 saturated carbocycles. The first kappa shape index (κ1) is 18.3. The van der Waals surface area contributed by atoms with Gasteiger partial charge >= 0.3 is 0 Å². The van der Waals surface area contributed by atoms with Gasteiger partial charge < -0.3 is 19.9 Å². The van der Waals surface area contributed by atoms with Gasteiger partial charge in [0.25, 0.3) is 5.91 Å². The first-order valence-electron chi connectivity index (χ1n) is 9.41. The van der Waals surface area contributed by atoms with Crippen LogP contribution in [0.25, 0.3) is 11.0 Å². The molecule has 1 amide bonds. The SMILES string of the molecule is COc1ccc(C(=O)N2CCN(Cc3nc4cc(N)ccc4n3C)CC2)cc1. The van der Waals surface area contributed by atoms with Crippen LogP contribution < -0.4 is 10.5 Å². The lowest BCUT2D eigenvalue weighted by atomic mass is 10.1.